The highest BCUT2D eigenvalue weighted by Crippen LogP contribution is 2.13. The van der Waals surface area contributed by atoms with E-state index >= 15 is 0 Å². The number of carboxylic acids is 1. The molecule has 1 unspecified atom stereocenters. The Labute approximate surface area is 187 Å². The minimum atomic E-state index is -1.22. The molecule has 2 heterocycles. The zero-order valence-electron chi connectivity index (χ0n) is 17.7. The van der Waals surface area contributed by atoms with Gasteiger partial charge in [0.15, 0.2) is 5.65 Å². The first-order chi connectivity index (χ1) is 15.8. The number of H-pyrrole nitrogens is 1. The van der Waals surface area contributed by atoms with E-state index in [0.717, 1.165) is 5.56 Å². The summed E-state index contributed by atoms with van der Waals surface area (Å²) in [4.78, 5) is 57.7. The lowest BCUT2D eigenvalue weighted by Gasteiger charge is -2.14. The molecule has 3 rings (SSSR count). The molecule has 0 saturated carbocycles. The number of aromatic amines is 1. The molecule has 7 N–H and O–H groups in total. The maximum atomic E-state index is 12.4. The Bertz CT molecular complexity index is 1240. The average molecular weight is 453 g/mol. The lowest BCUT2D eigenvalue weighted by molar-refractivity contribution is -0.139. The van der Waals surface area contributed by atoms with Crippen LogP contribution in [0.5, 0.6) is 0 Å². The van der Waals surface area contributed by atoms with E-state index < -0.39 is 17.9 Å². The van der Waals surface area contributed by atoms with E-state index in [1.54, 1.807) is 36.5 Å². The Hall–Kier alpha value is -4.48. The predicted octanol–water partition coefficient (Wildman–Crippen LogP) is 0.222. The van der Waals surface area contributed by atoms with Crippen molar-refractivity contribution >= 4 is 40.5 Å². The second kappa shape index (κ2) is 10.2. The van der Waals surface area contributed by atoms with Gasteiger partial charge in [-0.05, 0) is 42.3 Å². The summed E-state index contributed by atoms with van der Waals surface area (Å²) < 4.78 is 0. The van der Waals surface area contributed by atoms with Crippen LogP contribution in [0.4, 0.5) is 11.6 Å². The van der Waals surface area contributed by atoms with Crippen molar-refractivity contribution in [2.75, 3.05) is 18.1 Å². The Kier molecular flexibility index (Phi) is 7.18. The molecule has 2 aromatic heterocycles. The topological polar surface area (TPSA) is 192 Å². The van der Waals surface area contributed by atoms with Gasteiger partial charge in [0.05, 0.1) is 5.39 Å². The molecule has 3 aromatic rings. The van der Waals surface area contributed by atoms with Crippen molar-refractivity contribution < 1.29 is 19.5 Å². The van der Waals surface area contributed by atoms with Crippen LogP contribution >= 0.6 is 0 Å². The third-order valence-corrected chi connectivity index (χ3v) is 4.82. The third kappa shape index (κ3) is 6.03. The molecular formula is C21H23N7O5. The van der Waals surface area contributed by atoms with Crippen LogP contribution in [0.25, 0.3) is 11.0 Å². The molecule has 172 valence electrons. The first-order valence-electron chi connectivity index (χ1n) is 9.99. The number of carboxylic acid groups (broad SMARTS) is 1. The molecule has 0 aliphatic carbocycles. The number of nitrogens with one attached hydrogen (secondary N) is 4. The number of anilines is 2. The van der Waals surface area contributed by atoms with Crippen LogP contribution in [0.2, 0.25) is 0 Å². The van der Waals surface area contributed by atoms with Gasteiger partial charge in [-0.25, -0.2) is 9.78 Å². The zero-order chi connectivity index (χ0) is 24.0. The Balaban J connectivity index is 1.61. The van der Waals surface area contributed by atoms with Gasteiger partial charge in [-0.3, -0.25) is 19.4 Å². The highest BCUT2D eigenvalue weighted by molar-refractivity contribution is 5.97. The van der Waals surface area contributed by atoms with Crippen LogP contribution in [0, 0.1) is 0 Å². The van der Waals surface area contributed by atoms with Crippen molar-refractivity contribution in [1.82, 2.24) is 25.6 Å². The van der Waals surface area contributed by atoms with Gasteiger partial charge < -0.3 is 26.8 Å². The lowest BCUT2D eigenvalue weighted by Crippen LogP contribution is -2.41. The Morgan fingerprint density at radius 2 is 1.94 bits per heavy atom. The molecule has 12 heteroatoms. The van der Waals surface area contributed by atoms with Gasteiger partial charge in [0.25, 0.3) is 11.5 Å². The van der Waals surface area contributed by atoms with E-state index in [2.05, 4.69) is 30.9 Å². The summed E-state index contributed by atoms with van der Waals surface area (Å²) in [6.45, 7) is 0.360. The number of nitrogen functional groups attached to an aromatic ring is 1. The largest absolute Gasteiger partial charge is 0.480 e. The number of nitrogens with two attached hydrogens (primary N) is 1. The highest BCUT2D eigenvalue weighted by Gasteiger charge is 2.21. The minimum absolute atomic E-state index is 0.00358. The molecule has 0 bridgehead atoms. The van der Waals surface area contributed by atoms with Crippen molar-refractivity contribution in [1.29, 1.82) is 0 Å². The fraction of sp³-hybridized carbons (Fsp3) is 0.238. The summed E-state index contributed by atoms with van der Waals surface area (Å²) in [6, 6.07) is 6.91. The van der Waals surface area contributed by atoms with Gasteiger partial charge in [0.1, 0.15) is 6.04 Å². The standard InChI is InChI=1S/C21H23N7O5/c1-23-16(29)7-6-15(20(32)33)26-18(30)12-2-4-13(5-3-12)24-9-11-8-14-17(25-10-11)27-21(22)28-19(14)31/h2-5,8,10,15,24H,6-7,9H2,1H3,(H,23,29)(H,26,30)(H,32,33)(H3,22,25,27,28,31). The molecule has 0 fully saturated rings. The quantitative estimate of drug-likeness (QED) is 0.263. The van der Waals surface area contributed by atoms with Crippen LogP contribution in [0.15, 0.2) is 41.3 Å². The normalized spacial score (nSPS) is 11.5. The SMILES string of the molecule is CNC(=O)CCC(NC(=O)c1ccc(NCc2cnc3nc(N)[nH]c(=O)c3c2)cc1)C(=O)O. The van der Waals surface area contributed by atoms with Crippen molar-refractivity contribution in [3.05, 3.63) is 58.0 Å². The maximum absolute atomic E-state index is 12.4. The Morgan fingerprint density at radius 1 is 1.21 bits per heavy atom. The minimum Gasteiger partial charge on any atom is -0.480 e. The van der Waals surface area contributed by atoms with Gasteiger partial charge in [-0.15, -0.1) is 0 Å². The van der Waals surface area contributed by atoms with Gasteiger partial charge in [0.2, 0.25) is 11.9 Å². The van der Waals surface area contributed by atoms with Crippen LogP contribution < -0.4 is 27.2 Å². The average Bonchev–Trinajstić information content (AvgIpc) is 2.80. The number of fused-ring (bicyclic) bond motifs is 1. The maximum Gasteiger partial charge on any atom is 0.326 e. The smallest absolute Gasteiger partial charge is 0.326 e. The molecule has 0 radical (unpaired) electrons. The summed E-state index contributed by atoms with van der Waals surface area (Å²) >= 11 is 0. The monoisotopic (exact) mass is 453 g/mol. The fourth-order valence-corrected chi connectivity index (χ4v) is 3.02. The predicted molar refractivity (Wildman–Crippen MR) is 121 cm³/mol. The number of hydrogen-bond donors (Lipinski definition) is 6. The van der Waals surface area contributed by atoms with E-state index in [0.29, 0.717) is 17.6 Å². The third-order valence-electron chi connectivity index (χ3n) is 4.82. The van der Waals surface area contributed by atoms with E-state index in [1.807, 2.05) is 0 Å². The number of carbonyl (C=O) groups excluding carboxylic acids is 2. The summed E-state index contributed by atoms with van der Waals surface area (Å²) in [5.41, 5.74) is 7.10. The number of benzene rings is 1. The zero-order valence-corrected chi connectivity index (χ0v) is 17.7. The van der Waals surface area contributed by atoms with Crippen LogP contribution in [-0.2, 0) is 16.1 Å². The molecular weight excluding hydrogens is 430 g/mol. The number of aromatic nitrogens is 3. The summed E-state index contributed by atoms with van der Waals surface area (Å²) in [6.07, 6.45) is 1.54. The van der Waals surface area contributed by atoms with Gasteiger partial charge in [0, 0.05) is 37.5 Å². The fourth-order valence-electron chi connectivity index (χ4n) is 3.02. The number of pyridine rings is 1. The molecule has 1 aromatic carbocycles. The number of hydrogen-bond acceptors (Lipinski definition) is 8. The number of rotatable bonds is 9. The van der Waals surface area contributed by atoms with Crippen LogP contribution in [0.1, 0.15) is 28.8 Å². The summed E-state index contributed by atoms with van der Waals surface area (Å²) in [5.74, 6) is -2.09. The molecule has 33 heavy (non-hydrogen) atoms. The van der Waals surface area contributed by atoms with E-state index in [-0.39, 0.29) is 41.5 Å². The van der Waals surface area contributed by atoms with Crippen molar-refractivity contribution in [2.45, 2.75) is 25.4 Å². The molecule has 0 spiro atoms. The molecule has 1 atom stereocenters. The van der Waals surface area contributed by atoms with Crippen LogP contribution in [-0.4, -0.2) is 50.9 Å². The molecule has 0 saturated heterocycles. The lowest BCUT2D eigenvalue weighted by atomic mass is 10.1. The van der Waals surface area contributed by atoms with Gasteiger partial charge >= 0.3 is 5.97 Å². The van der Waals surface area contributed by atoms with E-state index in [9.17, 15) is 24.3 Å². The summed E-state index contributed by atoms with van der Waals surface area (Å²) in [5, 5.41) is 17.6. The first kappa shape index (κ1) is 23.2. The molecule has 0 aliphatic rings. The second-order valence-electron chi connectivity index (χ2n) is 7.17. The number of nitrogens with zero attached hydrogens (tertiary/aromatic N) is 2. The molecule has 12 nitrogen and oxygen atoms in total. The van der Waals surface area contributed by atoms with E-state index in [4.69, 9.17) is 5.73 Å². The van der Waals surface area contributed by atoms with Crippen LogP contribution in [0.3, 0.4) is 0 Å². The first-order valence-corrected chi connectivity index (χ1v) is 9.99. The van der Waals surface area contributed by atoms with Gasteiger partial charge in [-0.1, -0.05) is 0 Å². The second-order valence-corrected chi connectivity index (χ2v) is 7.17. The highest BCUT2D eigenvalue weighted by atomic mass is 16.4. The van der Waals surface area contributed by atoms with Gasteiger partial charge in [-0.2, -0.15) is 4.98 Å². The molecule has 0 aliphatic heterocycles. The number of aliphatic carboxylic acids is 1. The van der Waals surface area contributed by atoms with Crippen molar-refractivity contribution in [2.24, 2.45) is 0 Å². The van der Waals surface area contributed by atoms with E-state index in [1.165, 1.54) is 7.05 Å². The van der Waals surface area contributed by atoms with Crippen molar-refractivity contribution in [3.63, 3.8) is 0 Å². The number of amides is 2. The number of carbonyl (C=O) groups is 3. The Morgan fingerprint density at radius 3 is 2.61 bits per heavy atom. The molecule has 2 amide bonds. The van der Waals surface area contributed by atoms with Crippen molar-refractivity contribution in [3.8, 4) is 0 Å². The summed E-state index contributed by atoms with van der Waals surface area (Å²) in [7, 11) is 1.45.